The van der Waals surface area contributed by atoms with E-state index in [-0.39, 0.29) is 11.8 Å². The first-order valence-electron chi connectivity index (χ1n) is 7.06. The van der Waals surface area contributed by atoms with Gasteiger partial charge in [0.25, 0.3) is 0 Å². The number of carbonyl (C=O) groups is 1. The fourth-order valence-corrected chi connectivity index (χ4v) is 2.74. The zero-order valence-corrected chi connectivity index (χ0v) is 11.2. The van der Waals surface area contributed by atoms with E-state index in [4.69, 9.17) is 0 Å². The Balaban J connectivity index is 1.78. The number of aromatic amines is 1. The summed E-state index contributed by atoms with van der Waals surface area (Å²) < 4.78 is 0. The van der Waals surface area contributed by atoms with Crippen LogP contribution >= 0.6 is 0 Å². The van der Waals surface area contributed by atoms with E-state index in [0.29, 0.717) is 0 Å². The third-order valence-corrected chi connectivity index (χ3v) is 3.86. The predicted molar refractivity (Wildman–Crippen MR) is 76.1 cm³/mol. The highest BCUT2D eigenvalue weighted by Crippen LogP contribution is 2.26. The number of nitrogens with zero attached hydrogens (tertiary/aromatic N) is 1. The first-order chi connectivity index (χ1) is 9.26. The molecule has 1 saturated carbocycles. The Morgan fingerprint density at radius 2 is 2.21 bits per heavy atom. The molecule has 4 heteroatoms. The SMILES string of the molecule is CCc1nc2ccc(NC(=O)C3CCCC3)cc2[nH]1. The normalized spacial score (nSPS) is 16.1. The third kappa shape index (κ3) is 2.48. The number of carbonyl (C=O) groups excluding carboxylic acids is 1. The molecular weight excluding hydrogens is 238 g/mol. The molecule has 1 aliphatic rings. The predicted octanol–water partition coefficient (Wildman–Crippen LogP) is 3.25. The maximum absolute atomic E-state index is 12.1. The Labute approximate surface area is 112 Å². The second-order valence-corrected chi connectivity index (χ2v) is 5.24. The van der Waals surface area contributed by atoms with E-state index in [9.17, 15) is 4.79 Å². The fourth-order valence-electron chi connectivity index (χ4n) is 2.74. The topological polar surface area (TPSA) is 57.8 Å². The summed E-state index contributed by atoms with van der Waals surface area (Å²) >= 11 is 0. The maximum Gasteiger partial charge on any atom is 0.227 e. The molecule has 0 aliphatic heterocycles. The lowest BCUT2D eigenvalue weighted by atomic mass is 10.1. The van der Waals surface area contributed by atoms with Gasteiger partial charge in [-0.25, -0.2) is 4.98 Å². The molecule has 4 nitrogen and oxygen atoms in total. The number of anilines is 1. The smallest absolute Gasteiger partial charge is 0.227 e. The Kier molecular flexibility index (Phi) is 3.23. The summed E-state index contributed by atoms with van der Waals surface area (Å²) in [6, 6.07) is 5.85. The van der Waals surface area contributed by atoms with Crippen LogP contribution in [0.25, 0.3) is 11.0 Å². The van der Waals surface area contributed by atoms with Crippen molar-refractivity contribution in [1.82, 2.24) is 9.97 Å². The van der Waals surface area contributed by atoms with Crippen LogP contribution in [0, 0.1) is 5.92 Å². The molecule has 100 valence electrons. The maximum atomic E-state index is 12.1. The van der Waals surface area contributed by atoms with E-state index in [0.717, 1.165) is 41.8 Å². The number of imidazole rings is 1. The summed E-state index contributed by atoms with van der Waals surface area (Å²) in [6.45, 7) is 2.07. The van der Waals surface area contributed by atoms with Crippen LogP contribution in [0.4, 0.5) is 5.69 Å². The Morgan fingerprint density at radius 3 is 2.95 bits per heavy atom. The van der Waals surface area contributed by atoms with E-state index >= 15 is 0 Å². The molecule has 2 N–H and O–H groups in total. The third-order valence-electron chi connectivity index (χ3n) is 3.86. The summed E-state index contributed by atoms with van der Waals surface area (Å²) in [7, 11) is 0. The van der Waals surface area contributed by atoms with Gasteiger partial charge in [0.05, 0.1) is 11.0 Å². The van der Waals surface area contributed by atoms with Gasteiger partial charge in [0.1, 0.15) is 5.82 Å². The van der Waals surface area contributed by atoms with Gasteiger partial charge >= 0.3 is 0 Å². The molecule has 0 spiro atoms. The van der Waals surface area contributed by atoms with Crippen molar-refractivity contribution >= 4 is 22.6 Å². The second kappa shape index (κ2) is 5.03. The lowest BCUT2D eigenvalue weighted by Gasteiger charge is -2.10. The molecule has 19 heavy (non-hydrogen) atoms. The molecule has 1 aliphatic carbocycles. The van der Waals surface area contributed by atoms with Crippen LogP contribution in [0.1, 0.15) is 38.4 Å². The summed E-state index contributed by atoms with van der Waals surface area (Å²) in [6.07, 6.45) is 5.30. The number of fused-ring (bicyclic) bond motifs is 1. The fraction of sp³-hybridized carbons (Fsp3) is 0.467. The summed E-state index contributed by atoms with van der Waals surface area (Å²) in [5.41, 5.74) is 2.80. The molecule has 0 unspecified atom stereocenters. The number of benzene rings is 1. The number of rotatable bonds is 3. The van der Waals surface area contributed by atoms with Crippen LogP contribution < -0.4 is 5.32 Å². The molecule has 3 rings (SSSR count). The number of aromatic nitrogens is 2. The first-order valence-corrected chi connectivity index (χ1v) is 7.06. The van der Waals surface area contributed by atoms with Crippen molar-refractivity contribution in [2.24, 2.45) is 5.92 Å². The van der Waals surface area contributed by atoms with Crippen LogP contribution in [0.5, 0.6) is 0 Å². The van der Waals surface area contributed by atoms with Gasteiger partial charge in [-0.2, -0.15) is 0 Å². The van der Waals surface area contributed by atoms with Crippen molar-refractivity contribution in [3.8, 4) is 0 Å². The van der Waals surface area contributed by atoms with Gasteiger partial charge in [-0.05, 0) is 31.0 Å². The Morgan fingerprint density at radius 1 is 1.42 bits per heavy atom. The molecule has 2 aromatic rings. The van der Waals surface area contributed by atoms with E-state index in [1.165, 1.54) is 12.8 Å². The Hall–Kier alpha value is -1.84. The van der Waals surface area contributed by atoms with E-state index < -0.39 is 0 Å². The van der Waals surface area contributed by atoms with Crippen molar-refractivity contribution < 1.29 is 4.79 Å². The molecule has 0 saturated heterocycles. The standard InChI is InChI=1S/C15H19N3O/c1-2-14-17-12-8-7-11(9-13(12)18-14)16-15(19)10-5-3-4-6-10/h7-10H,2-6H2,1H3,(H,16,19)(H,17,18). The zero-order valence-electron chi connectivity index (χ0n) is 11.2. The molecular formula is C15H19N3O. The summed E-state index contributed by atoms with van der Waals surface area (Å²) in [5.74, 6) is 1.34. The van der Waals surface area contributed by atoms with Crippen LogP contribution in [0.3, 0.4) is 0 Å². The monoisotopic (exact) mass is 257 g/mol. The molecule has 1 aromatic carbocycles. The highest BCUT2D eigenvalue weighted by Gasteiger charge is 2.22. The average Bonchev–Trinajstić information content (AvgIpc) is 3.07. The molecule has 0 radical (unpaired) electrons. The zero-order chi connectivity index (χ0) is 13.2. The van der Waals surface area contributed by atoms with Gasteiger partial charge in [-0.3, -0.25) is 4.79 Å². The van der Waals surface area contributed by atoms with Gasteiger partial charge in [-0.1, -0.05) is 19.8 Å². The molecule has 1 heterocycles. The largest absolute Gasteiger partial charge is 0.342 e. The lowest BCUT2D eigenvalue weighted by Crippen LogP contribution is -2.20. The van der Waals surface area contributed by atoms with Gasteiger partial charge < -0.3 is 10.3 Å². The van der Waals surface area contributed by atoms with Crippen molar-refractivity contribution in [2.75, 3.05) is 5.32 Å². The van der Waals surface area contributed by atoms with Gasteiger partial charge in [0.2, 0.25) is 5.91 Å². The highest BCUT2D eigenvalue weighted by atomic mass is 16.1. The van der Waals surface area contributed by atoms with E-state index in [1.807, 2.05) is 18.2 Å². The van der Waals surface area contributed by atoms with Gasteiger partial charge in [-0.15, -0.1) is 0 Å². The molecule has 1 aromatic heterocycles. The number of hydrogen-bond donors (Lipinski definition) is 2. The molecule has 1 amide bonds. The van der Waals surface area contributed by atoms with Crippen molar-refractivity contribution in [2.45, 2.75) is 39.0 Å². The minimum Gasteiger partial charge on any atom is -0.342 e. The van der Waals surface area contributed by atoms with Gasteiger partial charge in [0.15, 0.2) is 0 Å². The Bertz CT molecular complexity index is 596. The number of aryl methyl sites for hydroxylation is 1. The number of hydrogen-bond acceptors (Lipinski definition) is 2. The second-order valence-electron chi connectivity index (χ2n) is 5.24. The van der Waals surface area contributed by atoms with E-state index in [2.05, 4.69) is 22.2 Å². The average molecular weight is 257 g/mol. The minimum atomic E-state index is 0.159. The number of nitrogens with one attached hydrogen (secondary N) is 2. The van der Waals surface area contributed by atoms with E-state index in [1.54, 1.807) is 0 Å². The number of amides is 1. The van der Waals surface area contributed by atoms with Crippen molar-refractivity contribution in [1.29, 1.82) is 0 Å². The molecule has 0 atom stereocenters. The van der Waals surface area contributed by atoms with Crippen molar-refractivity contribution in [3.05, 3.63) is 24.0 Å². The quantitative estimate of drug-likeness (QED) is 0.886. The number of H-pyrrole nitrogens is 1. The van der Waals surface area contributed by atoms with Crippen LogP contribution in [-0.4, -0.2) is 15.9 Å². The highest BCUT2D eigenvalue weighted by molar-refractivity contribution is 5.94. The summed E-state index contributed by atoms with van der Waals surface area (Å²) in [4.78, 5) is 19.8. The first kappa shape index (κ1) is 12.2. The van der Waals surface area contributed by atoms with Crippen LogP contribution in [-0.2, 0) is 11.2 Å². The lowest BCUT2D eigenvalue weighted by molar-refractivity contribution is -0.119. The minimum absolute atomic E-state index is 0.159. The molecule has 0 bridgehead atoms. The van der Waals surface area contributed by atoms with Crippen molar-refractivity contribution in [3.63, 3.8) is 0 Å². The summed E-state index contributed by atoms with van der Waals surface area (Å²) in [5, 5.41) is 3.02. The van der Waals surface area contributed by atoms with Crippen LogP contribution in [0.15, 0.2) is 18.2 Å². The van der Waals surface area contributed by atoms with Gasteiger partial charge in [0, 0.05) is 18.0 Å². The molecule has 1 fully saturated rings. The van der Waals surface area contributed by atoms with Crippen LogP contribution in [0.2, 0.25) is 0 Å².